The van der Waals surface area contributed by atoms with E-state index in [-0.39, 0.29) is 158 Å². The first-order valence-electron chi connectivity index (χ1n) is 0. The Labute approximate surface area is 152 Å². The van der Waals surface area contributed by atoms with Crippen molar-refractivity contribution in [2.24, 2.45) is 0 Å². The molecule has 0 N–H and O–H groups in total. The molecule has 0 unspecified atom stereocenters. The van der Waals surface area contributed by atoms with Crippen LogP contribution in [0.3, 0.4) is 0 Å². The van der Waals surface area contributed by atoms with E-state index in [1.54, 1.807) is 0 Å². The number of hydrogen-bond acceptors (Lipinski definition) is 0. The van der Waals surface area contributed by atoms with Gasteiger partial charge in [-0.1, -0.05) is 0 Å². The fourth-order valence-corrected chi connectivity index (χ4v) is 0. The summed E-state index contributed by atoms with van der Waals surface area (Å²) in [4.78, 5) is 0. The molecule has 0 fully saturated rings. The predicted molar refractivity (Wildman–Crippen MR) is 7.17 cm³/mol. The summed E-state index contributed by atoms with van der Waals surface area (Å²) in [5, 5.41) is 0. The largest absolute Gasteiger partial charge is 2.00 e. The van der Waals surface area contributed by atoms with Crippen molar-refractivity contribution < 1.29 is 143 Å². The maximum atomic E-state index is 0. The minimum atomic E-state index is 0. The van der Waals surface area contributed by atoms with E-state index in [0.29, 0.717) is 0 Å². The molecule has 0 atom stereocenters. The Balaban J connectivity index is 0. The van der Waals surface area contributed by atoms with E-state index in [0.717, 1.165) is 0 Å². The molecule has 0 aromatic carbocycles. The van der Waals surface area contributed by atoms with Gasteiger partial charge in [-0.3, -0.25) is 0 Å². The normalized spacial score (nSPS) is 0. The van der Waals surface area contributed by atoms with Crippen molar-refractivity contribution in [1.82, 2.24) is 0 Å². The monoisotopic (exact) mass is 306 g/mol. The van der Waals surface area contributed by atoms with E-state index in [9.17, 15) is 0 Å². The Morgan fingerprint density at radius 1 is 0.600 bits per heavy atom. The molecule has 0 amide bonds. The first kappa shape index (κ1) is 35.7. The first-order chi connectivity index (χ1) is 0. The van der Waals surface area contributed by atoms with Crippen LogP contribution in [0.2, 0.25) is 0 Å². The van der Waals surface area contributed by atoms with Gasteiger partial charge in [0, 0.05) is 14.9 Å². The van der Waals surface area contributed by atoms with Crippen LogP contribution in [-0.4, -0.2) is 0 Å². The van der Waals surface area contributed by atoms with Gasteiger partial charge in [-0.15, -0.1) is 0 Å². The zero-order valence-corrected chi connectivity index (χ0v) is 16.0. The van der Waals surface area contributed by atoms with Crippen LogP contribution >= 0.6 is 0 Å². The zero-order valence-electron chi connectivity index (χ0n) is 3.41. The molecule has 0 aromatic rings. The minimum absolute atomic E-state index is 0. The van der Waals surface area contributed by atoms with Crippen LogP contribution in [0.1, 0.15) is 0 Å². The third-order valence-corrected chi connectivity index (χ3v) is 0. The number of rotatable bonds is 0. The van der Waals surface area contributed by atoms with Crippen molar-refractivity contribution in [3.8, 4) is 0 Å². The van der Waals surface area contributed by atoms with Gasteiger partial charge in [-0.05, 0) is 0 Å². The Kier molecular flexibility index (Phi) is 174. The molecular weight excluding hydrogens is 306 g/mol. The predicted octanol–water partition coefficient (Wildman–Crippen LogP) is -5.95. The molecule has 0 saturated carbocycles. The molecule has 0 aromatic heterocycles. The van der Waals surface area contributed by atoms with Crippen molar-refractivity contribution in [3.63, 3.8) is 0 Å². The van der Waals surface area contributed by atoms with E-state index in [2.05, 4.69) is 0 Å². The molecule has 0 aliphatic carbocycles. The minimum Gasteiger partial charge on any atom is -2.00 e. The van der Waals surface area contributed by atoms with Crippen LogP contribution in [0, 0.1) is 14.9 Å². The van der Waals surface area contributed by atoms with Crippen LogP contribution in [0.5, 0.6) is 0 Å². The fraction of sp³-hybridized carbons (Fsp3) is 0. The molecule has 5 heavy (non-hydrogen) atoms. The third kappa shape index (κ3) is 18.0. The summed E-state index contributed by atoms with van der Waals surface area (Å²) in [5.74, 6) is 0. The summed E-state index contributed by atoms with van der Waals surface area (Å²) in [6.07, 6.45) is 0. The van der Waals surface area contributed by atoms with Crippen LogP contribution < -0.4 is 138 Å². The van der Waals surface area contributed by atoms with Gasteiger partial charge < -0.3 is 5.48 Å². The average Bonchev–Trinajstić information content (AvgIpc) is 0. The van der Waals surface area contributed by atoms with Crippen molar-refractivity contribution in [3.05, 3.63) is 14.9 Å². The van der Waals surface area contributed by atoms with Gasteiger partial charge in [0.25, 0.3) is 0 Å². The summed E-state index contributed by atoms with van der Waals surface area (Å²) >= 11 is 0. The van der Waals surface area contributed by atoms with E-state index in [1.165, 1.54) is 0 Å². The fourth-order valence-electron chi connectivity index (χ4n) is 0. The van der Waals surface area contributed by atoms with Crippen LogP contribution in [0.25, 0.3) is 0 Å². The molecule has 0 spiro atoms. The Morgan fingerprint density at radius 2 is 0.600 bits per heavy atom. The van der Waals surface area contributed by atoms with Gasteiger partial charge in [0.05, 0.1) is 0 Å². The molecule has 3 heteroatoms. The van der Waals surface area contributed by atoms with Crippen LogP contribution in [-0.2, 0) is 5.48 Å². The summed E-state index contributed by atoms with van der Waals surface area (Å²) in [5.41, 5.74) is 0. The van der Waals surface area contributed by atoms with Gasteiger partial charge >= 0.3 is 138 Å². The van der Waals surface area contributed by atoms with E-state index < -0.39 is 0 Å². The Hall–Kier alpha value is 4.06. The zero-order chi connectivity index (χ0) is 0. The van der Waals surface area contributed by atoms with Crippen LogP contribution in [0.15, 0.2) is 0 Å². The molecule has 0 rings (SSSR count). The topological polar surface area (TPSA) is 28.5 Å². The van der Waals surface area contributed by atoms with Crippen molar-refractivity contribution in [2.75, 3.05) is 0 Å². The van der Waals surface area contributed by atoms with Crippen molar-refractivity contribution >= 4 is 0 Å². The molecule has 16 valence electrons. The second-order valence-corrected chi connectivity index (χ2v) is 0. The molecule has 1 nitrogen and oxygen atoms in total. The molecular formula is C2Cs2O. The molecule has 0 saturated heterocycles. The van der Waals surface area contributed by atoms with Gasteiger partial charge in [0.2, 0.25) is 0 Å². The maximum Gasteiger partial charge on any atom is 1.00 e. The molecule has 0 bridgehead atoms. The number of hydrogen-bond donors (Lipinski definition) is 0. The molecule has 8 radical (unpaired) electrons. The van der Waals surface area contributed by atoms with Gasteiger partial charge in [-0.2, -0.15) is 0 Å². The summed E-state index contributed by atoms with van der Waals surface area (Å²) in [6.45, 7) is 0. The smallest absolute Gasteiger partial charge is 1.00 e. The quantitative estimate of drug-likeness (QED) is 0.426. The third-order valence-electron chi connectivity index (χ3n) is 0. The van der Waals surface area contributed by atoms with Crippen LogP contribution in [0.4, 0.5) is 0 Å². The Morgan fingerprint density at radius 3 is 0.600 bits per heavy atom. The summed E-state index contributed by atoms with van der Waals surface area (Å²) in [7, 11) is 0. The standard InChI is InChI=1S/2C.2Cs.O/q;;2*+1;-2. The first-order valence-corrected chi connectivity index (χ1v) is 0. The van der Waals surface area contributed by atoms with Gasteiger partial charge in [0.15, 0.2) is 0 Å². The van der Waals surface area contributed by atoms with Crippen molar-refractivity contribution in [1.29, 1.82) is 0 Å². The maximum absolute atomic E-state index is 0. The van der Waals surface area contributed by atoms with Crippen molar-refractivity contribution in [2.45, 2.75) is 0 Å². The molecule has 0 heterocycles. The average molecular weight is 306 g/mol. The second kappa shape index (κ2) is 24.4. The van der Waals surface area contributed by atoms with Gasteiger partial charge in [0.1, 0.15) is 0 Å². The summed E-state index contributed by atoms with van der Waals surface area (Å²) < 4.78 is 0. The Bertz CT molecular complexity index is 7.61. The summed E-state index contributed by atoms with van der Waals surface area (Å²) in [6, 6.07) is 0. The molecule has 0 aliphatic rings. The SMILES string of the molecule is [C].[C].[Cs+].[Cs+].[O-2]. The molecule has 0 aliphatic heterocycles. The second-order valence-electron chi connectivity index (χ2n) is 0. The van der Waals surface area contributed by atoms with Gasteiger partial charge in [-0.25, -0.2) is 0 Å². The van der Waals surface area contributed by atoms with E-state index in [1.807, 2.05) is 0 Å². The van der Waals surface area contributed by atoms with E-state index >= 15 is 0 Å². The van der Waals surface area contributed by atoms with E-state index in [4.69, 9.17) is 0 Å².